The molecule has 0 unspecified atom stereocenters. The van der Waals surface area contributed by atoms with Crippen LogP contribution >= 0.6 is 11.3 Å². The number of rotatable bonds is 4. The maximum absolute atomic E-state index is 13.5. The number of ether oxygens (including phenoxy) is 1. The van der Waals surface area contributed by atoms with E-state index in [1.807, 2.05) is 43.0 Å². The minimum Gasteiger partial charge on any atom is -0.380 e. The topological polar surface area (TPSA) is 54.5 Å². The van der Waals surface area contributed by atoms with Crippen LogP contribution in [0, 0.1) is 6.92 Å². The zero-order valence-electron chi connectivity index (χ0n) is 16.0. The first-order chi connectivity index (χ1) is 13.0. The molecule has 1 aromatic carbocycles. The molecule has 1 N–H and O–H groups in total. The standard InChI is InChI=1S/C21H23N3O2S/c1-5-14-8-6-7-9-16(14)24-13(3)23-18-17-15(11-26-4)10-12(2)22-20(17)27-19(18)21(24)25/h6-10,13,23H,5,11H2,1-4H3/t13-/m0/s1. The average Bonchev–Trinajstić information content (AvgIpc) is 3.01. The van der Waals surface area contributed by atoms with Gasteiger partial charge in [0.25, 0.3) is 5.91 Å². The van der Waals surface area contributed by atoms with Crippen LogP contribution in [-0.4, -0.2) is 24.2 Å². The summed E-state index contributed by atoms with van der Waals surface area (Å²) < 4.78 is 5.38. The van der Waals surface area contributed by atoms with E-state index in [1.165, 1.54) is 11.3 Å². The van der Waals surface area contributed by atoms with Crippen molar-refractivity contribution in [3.63, 3.8) is 0 Å². The third-order valence-electron chi connectivity index (χ3n) is 4.96. The smallest absolute Gasteiger partial charge is 0.272 e. The fourth-order valence-corrected chi connectivity index (χ4v) is 4.96. The molecule has 3 aromatic rings. The van der Waals surface area contributed by atoms with Gasteiger partial charge in [0.05, 0.1) is 12.3 Å². The number of hydrogen-bond donors (Lipinski definition) is 1. The number of pyridine rings is 1. The van der Waals surface area contributed by atoms with Crippen molar-refractivity contribution in [1.82, 2.24) is 4.98 Å². The number of carbonyl (C=O) groups excluding carboxylic acids is 1. The van der Waals surface area contributed by atoms with Crippen molar-refractivity contribution >= 4 is 38.8 Å². The van der Waals surface area contributed by atoms with Gasteiger partial charge in [-0.3, -0.25) is 9.69 Å². The van der Waals surface area contributed by atoms with Gasteiger partial charge < -0.3 is 10.1 Å². The van der Waals surface area contributed by atoms with E-state index in [2.05, 4.69) is 23.3 Å². The fraction of sp³-hybridized carbons (Fsp3) is 0.333. The number of anilines is 2. The molecule has 2 aromatic heterocycles. The Morgan fingerprint density at radius 1 is 1.30 bits per heavy atom. The number of aryl methyl sites for hydroxylation is 2. The number of amides is 1. The highest BCUT2D eigenvalue weighted by atomic mass is 32.1. The Kier molecular flexibility index (Phi) is 4.61. The number of benzene rings is 1. The lowest BCUT2D eigenvalue weighted by atomic mass is 10.1. The van der Waals surface area contributed by atoms with Gasteiger partial charge in [-0.15, -0.1) is 11.3 Å². The number of fused-ring (bicyclic) bond motifs is 3. The first kappa shape index (κ1) is 17.9. The first-order valence-electron chi connectivity index (χ1n) is 9.15. The fourth-order valence-electron chi connectivity index (χ4n) is 3.79. The number of thiophene rings is 1. The van der Waals surface area contributed by atoms with Crippen LogP contribution in [0.5, 0.6) is 0 Å². The van der Waals surface area contributed by atoms with Crippen LogP contribution in [0.3, 0.4) is 0 Å². The second kappa shape index (κ2) is 6.94. The summed E-state index contributed by atoms with van der Waals surface area (Å²) in [6, 6.07) is 10.1. The third kappa shape index (κ3) is 2.89. The van der Waals surface area contributed by atoms with Crippen molar-refractivity contribution in [3.05, 3.63) is 52.0 Å². The van der Waals surface area contributed by atoms with E-state index < -0.39 is 0 Å². The van der Waals surface area contributed by atoms with E-state index >= 15 is 0 Å². The Labute approximate surface area is 163 Å². The Bertz CT molecular complexity index is 1030. The van der Waals surface area contributed by atoms with Gasteiger partial charge in [-0.25, -0.2) is 4.98 Å². The quantitative estimate of drug-likeness (QED) is 0.710. The molecular weight excluding hydrogens is 358 g/mol. The highest BCUT2D eigenvalue weighted by Crippen LogP contribution is 2.42. The van der Waals surface area contributed by atoms with E-state index in [9.17, 15) is 4.79 Å². The highest BCUT2D eigenvalue weighted by molar-refractivity contribution is 7.21. The summed E-state index contributed by atoms with van der Waals surface area (Å²) >= 11 is 1.46. The van der Waals surface area contributed by atoms with Crippen molar-refractivity contribution < 1.29 is 9.53 Å². The molecule has 0 radical (unpaired) electrons. The largest absolute Gasteiger partial charge is 0.380 e. The normalized spacial score (nSPS) is 16.5. The molecule has 0 saturated carbocycles. The summed E-state index contributed by atoms with van der Waals surface area (Å²) in [6.45, 7) is 6.60. The zero-order chi connectivity index (χ0) is 19.1. The number of nitrogens with zero attached hydrogens (tertiary/aromatic N) is 2. The first-order valence-corrected chi connectivity index (χ1v) is 9.96. The molecule has 0 bridgehead atoms. The number of aromatic nitrogens is 1. The molecule has 140 valence electrons. The molecule has 0 saturated heterocycles. The van der Waals surface area contributed by atoms with Crippen LogP contribution in [0.25, 0.3) is 10.2 Å². The van der Waals surface area contributed by atoms with Gasteiger partial charge in [-0.05, 0) is 43.5 Å². The van der Waals surface area contributed by atoms with Crippen molar-refractivity contribution in [2.45, 2.75) is 40.0 Å². The van der Waals surface area contributed by atoms with E-state index in [4.69, 9.17) is 4.74 Å². The van der Waals surface area contributed by atoms with Crippen LogP contribution in [0.4, 0.5) is 11.4 Å². The van der Waals surface area contributed by atoms with E-state index in [0.717, 1.165) is 44.8 Å². The summed E-state index contributed by atoms with van der Waals surface area (Å²) in [6.07, 6.45) is 0.734. The van der Waals surface area contributed by atoms with Gasteiger partial charge in [-0.1, -0.05) is 25.1 Å². The van der Waals surface area contributed by atoms with E-state index in [1.54, 1.807) is 7.11 Å². The summed E-state index contributed by atoms with van der Waals surface area (Å²) in [7, 11) is 1.69. The lowest BCUT2D eigenvalue weighted by molar-refractivity contribution is 0.0981. The van der Waals surface area contributed by atoms with Crippen LogP contribution < -0.4 is 10.2 Å². The number of methoxy groups -OCH3 is 1. The Balaban J connectivity index is 1.88. The van der Waals surface area contributed by atoms with Crippen LogP contribution in [0.1, 0.15) is 40.3 Å². The van der Waals surface area contributed by atoms with Crippen LogP contribution in [0.2, 0.25) is 0 Å². The number of carbonyl (C=O) groups is 1. The maximum Gasteiger partial charge on any atom is 0.272 e. The lowest BCUT2D eigenvalue weighted by Crippen LogP contribution is -2.47. The summed E-state index contributed by atoms with van der Waals surface area (Å²) in [4.78, 5) is 21.6. The highest BCUT2D eigenvalue weighted by Gasteiger charge is 2.35. The van der Waals surface area contributed by atoms with Crippen molar-refractivity contribution in [2.75, 3.05) is 17.3 Å². The minimum atomic E-state index is -0.146. The van der Waals surface area contributed by atoms with Crippen LogP contribution in [-0.2, 0) is 17.8 Å². The molecule has 5 nitrogen and oxygen atoms in total. The Morgan fingerprint density at radius 3 is 2.81 bits per heavy atom. The van der Waals surface area contributed by atoms with Gasteiger partial charge in [0.2, 0.25) is 0 Å². The number of hydrogen-bond acceptors (Lipinski definition) is 5. The van der Waals surface area contributed by atoms with Crippen molar-refractivity contribution in [3.8, 4) is 0 Å². The minimum absolute atomic E-state index is 0.0289. The maximum atomic E-state index is 13.5. The average molecular weight is 382 g/mol. The number of nitrogens with one attached hydrogen (secondary N) is 1. The molecule has 1 amide bonds. The van der Waals surface area contributed by atoms with Gasteiger partial charge in [0, 0.05) is 23.9 Å². The summed E-state index contributed by atoms with van der Waals surface area (Å²) in [5, 5.41) is 4.56. The van der Waals surface area contributed by atoms with Gasteiger partial charge in [0.1, 0.15) is 15.9 Å². The molecule has 6 heteroatoms. The summed E-state index contributed by atoms with van der Waals surface area (Å²) in [5.41, 5.74) is 5.01. The molecule has 0 aliphatic carbocycles. The molecular formula is C21H23N3O2S. The third-order valence-corrected chi connectivity index (χ3v) is 6.03. The predicted octanol–water partition coefficient (Wildman–Crippen LogP) is 4.73. The molecule has 0 spiro atoms. The predicted molar refractivity (Wildman–Crippen MR) is 111 cm³/mol. The molecule has 0 fully saturated rings. The molecule has 1 aliphatic heterocycles. The van der Waals surface area contributed by atoms with Gasteiger partial charge in [-0.2, -0.15) is 0 Å². The van der Waals surface area contributed by atoms with Crippen molar-refractivity contribution in [1.29, 1.82) is 0 Å². The van der Waals surface area contributed by atoms with Crippen molar-refractivity contribution in [2.24, 2.45) is 0 Å². The Hall–Kier alpha value is -2.44. The van der Waals surface area contributed by atoms with E-state index in [-0.39, 0.29) is 12.1 Å². The summed E-state index contributed by atoms with van der Waals surface area (Å²) in [5.74, 6) is 0.0289. The van der Waals surface area contributed by atoms with Gasteiger partial charge >= 0.3 is 0 Å². The molecule has 4 rings (SSSR count). The Morgan fingerprint density at radius 2 is 2.07 bits per heavy atom. The second-order valence-corrected chi connectivity index (χ2v) is 7.82. The molecule has 3 heterocycles. The molecule has 27 heavy (non-hydrogen) atoms. The monoisotopic (exact) mass is 381 g/mol. The second-order valence-electron chi connectivity index (χ2n) is 6.82. The zero-order valence-corrected chi connectivity index (χ0v) is 16.8. The van der Waals surface area contributed by atoms with E-state index in [0.29, 0.717) is 11.5 Å². The van der Waals surface area contributed by atoms with Crippen LogP contribution in [0.15, 0.2) is 30.3 Å². The SMILES string of the molecule is CCc1ccccc1N1C(=O)c2sc3nc(C)cc(COC)c3c2N[C@@H]1C. The molecule has 1 atom stereocenters. The molecule has 1 aliphatic rings. The van der Waals surface area contributed by atoms with Gasteiger partial charge in [0.15, 0.2) is 0 Å². The number of para-hydroxylation sites is 1. The lowest BCUT2D eigenvalue weighted by Gasteiger charge is -2.35.